The minimum atomic E-state index is -5.02. The third-order valence-corrected chi connectivity index (χ3v) is 3.18. The molecule has 0 amide bonds. The van der Waals surface area contributed by atoms with Gasteiger partial charge in [-0.05, 0) is 18.2 Å². The molecule has 0 aliphatic carbocycles. The van der Waals surface area contributed by atoms with Gasteiger partial charge in [0.1, 0.15) is 5.75 Å². The number of benzene rings is 2. The lowest BCUT2D eigenvalue weighted by molar-refractivity contribution is -0.385. The lowest BCUT2D eigenvalue weighted by Crippen LogP contribution is -2.33. The number of halogens is 7. The van der Waals surface area contributed by atoms with Crippen LogP contribution in [0.1, 0.15) is 5.56 Å². The first kappa shape index (κ1) is 20.3. The Kier molecular flexibility index (Phi) is 5.47. The van der Waals surface area contributed by atoms with Gasteiger partial charge in [0.25, 0.3) is 5.69 Å². The molecule has 0 bridgehead atoms. The van der Waals surface area contributed by atoms with Crippen LogP contribution < -0.4 is 10.1 Å². The van der Waals surface area contributed by atoms with E-state index in [-0.39, 0.29) is 6.07 Å². The molecular formula is C15H9F7N2O3. The Morgan fingerprint density at radius 1 is 1.00 bits per heavy atom. The van der Waals surface area contributed by atoms with Crippen molar-refractivity contribution in [2.75, 3.05) is 5.32 Å². The van der Waals surface area contributed by atoms with E-state index in [1.165, 1.54) is 6.07 Å². The number of ether oxygens (including phenoxy) is 1. The van der Waals surface area contributed by atoms with E-state index in [1.54, 1.807) is 0 Å². The minimum Gasteiger partial charge on any atom is -0.426 e. The van der Waals surface area contributed by atoms with Crippen LogP contribution in [0.15, 0.2) is 42.5 Å². The molecular weight excluding hydrogens is 389 g/mol. The molecule has 0 radical (unpaired) electrons. The maximum atomic E-state index is 13.2. The molecule has 0 aromatic heterocycles. The van der Waals surface area contributed by atoms with Crippen LogP contribution >= 0.6 is 0 Å². The van der Waals surface area contributed by atoms with Crippen molar-refractivity contribution in [3.05, 3.63) is 58.1 Å². The highest BCUT2D eigenvalue weighted by molar-refractivity contribution is 5.70. The number of alkyl halides is 7. The molecule has 0 saturated heterocycles. The summed E-state index contributed by atoms with van der Waals surface area (Å²) in [6.45, 7) is 0. The third-order valence-electron chi connectivity index (χ3n) is 3.18. The van der Waals surface area contributed by atoms with Gasteiger partial charge in [0.05, 0.1) is 21.9 Å². The predicted octanol–water partition coefficient (Wildman–Crippen LogP) is 5.59. The number of nitrogens with one attached hydrogen (secondary N) is 1. The molecule has 0 fully saturated rings. The lowest BCUT2D eigenvalue weighted by atomic mass is 10.1. The van der Waals surface area contributed by atoms with E-state index in [0.29, 0.717) is 6.07 Å². The van der Waals surface area contributed by atoms with E-state index >= 15 is 0 Å². The molecule has 0 heterocycles. The summed E-state index contributed by atoms with van der Waals surface area (Å²) in [5.41, 5.74) is -3.49. The topological polar surface area (TPSA) is 64.4 Å². The van der Waals surface area contributed by atoms with Gasteiger partial charge < -0.3 is 10.1 Å². The Hall–Kier alpha value is -3.05. The molecule has 2 aromatic carbocycles. The van der Waals surface area contributed by atoms with Crippen molar-refractivity contribution in [2.45, 2.75) is 18.7 Å². The number of non-ortho nitro benzene ring substituents is 1. The van der Waals surface area contributed by atoms with Crippen molar-refractivity contribution >= 4 is 17.1 Å². The monoisotopic (exact) mass is 398 g/mol. The van der Waals surface area contributed by atoms with Gasteiger partial charge in [0.2, 0.25) is 0 Å². The van der Waals surface area contributed by atoms with Gasteiger partial charge in [-0.1, -0.05) is 12.1 Å². The number of nitro groups is 1. The fourth-order valence-corrected chi connectivity index (χ4v) is 1.98. The summed E-state index contributed by atoms with van der Waals surface area (Å²) in [4.78, 5) is 9.63. The average Bonchev–Trinajstić information content (AvgIpc) is 2.55. The lowest BCUT2D eigenvalue weighted by Gasteiger charge is -2.20. The van der Waals surface area contributed by atoms with Crippen LogP contribution in [0, 0.1) is 10.1 Å². The van der Waals surface area contributed by atoms with Gasteiger partial charge in [-0.3, -0.25) is 10.1 Å². The number of hydrogen-bond donors (Lipinski definition) is 1. The van der Waals surface area contributed by atoms with Crippen molar-refractivity contribution in [2.24, 2.45) is 0 Å². The van der Waals surface area contributed by atoms with Crippen molar-refractivity contribution in [3.8, 4) is 5.75 Å². The Labute approximate surface area is 146 Å². The van der Waals surface area contributed by atoms with Crippen molar-refractivity contribution in [1.82, 2.24) is 0 Å². The molecule has 2 aromatic rings. The fraction of sp³-hybridized carbons (Fsp3) is 0.200. The van der Waals surface area contributed by atoms with Gasteiger partial charge in [-0.25, -0.2) is 0 Å². The van der Waals surface area contributed by atoms with Crippen molar-refractivity contribution < 1.29 is 40.4 Å². The number of hydrogen-bond acceptors (Lipinski definition) is 4. The molecule has 0 atom stereocenters. The van der Waals surface area contributed by atoms with E-state index in [1.807, 2.05) is 0 Å². The quantitative estimate of drug-likeness (QED) is 0.391. The first-order chi connectivity index (χ1) is 12.4. The van der Waals surface area contributed by atoms with E-state index < -0.39 is 52.0 Å². The van der Waals surface area contributed by atoms with E-state index in [2.05, 4.69) is 10.1 Å². The highest BCUT2D eigenvalue weighted by Crippen LogP contribution is 2.40. The number of rotatable bonds is 6. The second kappa shape index (κ2) is 7.29. The average molecular weight is 398 g/mol. The van der Waals surface area contributed by atoms with E-state index in [0.717, 1.165) is 24.3 Å². The summed E-state index contributed by atoms with van der Waals surface area (Å²) in [5, 5.41) is 12.8. The number of anilines is 2. The largest absolute Gasteiger partial charge is 0.461 e. The molecule has 12 heteroatoms. The van der Waals surface area contributed by atoms with Gasteiger partial charge in [0.15, 0.2) is 0 Å². The zero-order valence-corrected chi connectivity index (χ0v) is 12.9. The summed E-state index contributed by atoms with van der Waals surface area (Å²) in [5.74, 6) is -0.839. The smallest absolute Gasteiger partial charge is 0.426 e. The molecule has 0 unspecified atom stereocenters. The van der Waals surface area contributed by atoms with Gasteiger partial charge in [0, 0.05) is 12.1 Å². The van der Waals surface area contributed by atoms with Crippen LogP contribution in [0.4, 0.5) is 47.8 Å². The fourth-order valence-electron chi connectivity index (χ4n) is 1.98. The Morgan fingerprint density at radius 3 is 2.19 bits per heavy atom. The minimum absolute atomic E-state index is 0.250. The maximum absolute atomic E-state index is 13.2. The molecule has 27 heavy (non-hydrogen) atoms. The van der Waals surface area contributed by atoms with Crippen LogP contribution in [-0.4, -0.2) is 17.5 Å². The van der Waals surface area contributed by atoms with Crippen LogP contribution in [0.5, 0.6) is 5.75 Å². The second-order valence-electron chi connectivity index (χ2n) is 5.07. The van der Waals surface area contributed by atoms with E-state index in [9.17, 15) is 40.8 Å². The third kappa shape index (κ3) is 4.77. The predicted molar refractivity (Wildman–Crippen MR) is 79.4 cm³/mol. The van der Waals surface area contributed by atoms with Crippen LogP contribution in [0.2, 0.25) is 0 Å². The summed E-state index contributed by atoms with van der Waals surface area (Å²) in [6, 6.07) is 5.95. The number of nitrogens with zero attached hydrogens (tertiary/aromatic N) is 1. The highest BCUT2D eigenvalue weighted by atomic mass is 19.4. The van der Waals surface area contributed by atoms with Crippen molar-refractivity contribution in [1.29, 1.82) is 0 Å². The number of nitro benzene ring substituents is 1. The Bertz CT molecular complexity index is 840. The zero-order chi connectivity index (χ0) is 20.4. The first-order valence-electron chi connectivity index (χ1n) is 6.98. The molecule has 2 rings (SSSR count). The number of para-hydroxylation sites is 2. The first-order valence-corrected chi connectivity index (χ1v) is 6.98. The van der Waals surface area contributed by atoms with E-state index in [4.69, 9.17) is 0 Å². The SMILES string of the molecule is O=[N+]([O-])c1ccc(Nc2ccccc2OC(F)(F)C(F)F)c(C(F)(F)F)c1. The standard InChI is InChI=1S/C15H9F7N2O3/c16-13(17)15(21,22)27-12-4-2-1-3-11(12)23-10-6-5-8(24(25)26)7-9(10)14(18,19)20/h1-7,13,23H. The Morgan fingerprint density at radius 2 is 1.63 bits per heavy atom. The molecule has 0 saturated carbocycles. The molecule has 146 valence electrons. The molecule has 0 spiro atoms. The molecule has 0 aliphatic heterocycles. The molecule has 1 N–H and O–H groups in total. The summed E-state index contributed by atoms with van der Waals surface area (Å²) in [7, 11) is 0. The summed E-state index contributed by atoms with van der Waals surface area (Å²) < 4.78 is 94.2. The molecule has 0 aliphatic rings. The van der Waals surface area contributed by atoms with Crippen molar-refractivity contribution in [3.63, 3.8) is 0 Å². The van der Waals surface area contributed by atoms with Crippen LogP contribution in [0.3, 0.4) is 0 Å². The Balaban J connectivity index is 2.45. The van der Waals surface area contributed by atoms with Gasteiger partial charge in [-0.2, -0.15) is 30.7 Å². The zero-order valence-electron chi connectivity index (χ0n) is 12.9. The second-order valence-corrected chi connectivity index (χ2v) is 5.07. The molecule has 5 nitrogen and oxygen atoms in total. The van der Waals surface area contributed by atoms with Crippen LogP contribution in [-0.2, 0) is 6.18 Å². The maximum Gasteiger partial charge on any atom is 0.461 e. The van der Waals surface area contributed by atoms with Crippen LogP contribution in [0.25, 0.3) is 0 Å². The van der Waals surface area contributed by atoms with Gasteiger partial charge >= 0.3 is 18.7 Å². The van der Waals surface area contributed by atoms with Gasteiger partial charge in [-0.15, -0.1) is 0 Å². The summed E-state index contributed by atoms with van der Waals surface area (Å²) >= 11 is 0. The normalized spacial score (nSPS) is 12.1. The summed E-state index contributed by atoms with van der Waals surface area (Å²) in [6.07, 6.45) is -14.1. The highest BCUT2D eigenvalue weighted by Gasteiger charge is 2.44.